The molecule has 1 amide bonds. The molecule has 10 heteroatoms. The van der Waals surface area contributed by atoms with Gasteiger partial charge in [0.1, 0.15) is 0 Å². The van der Waals surface area contributed by atoms with E-state index in [2.05, 4.69) is 14.7 Å². The molecule has 0 aliphatic carbocycles. The van der Waals surface area contributed by atoms with Crippen LogP contribution in [0.1, 0.15) is 34.6 Å². The van der Waals surface area contributed by atoms with E-state index in [4.69, 9.17) is 0 Å². The van der Waals surface area contributed by atoms with Crippen LogP contribution in [0, 0.1) is 0 Å². The van der Waals surface area contributed by atoms with E-state index in [-0.39, 0.29) is 17.6 Å². The lowest BCUT2D eigenvalue weighted by Crippen LogP contribution is -2.27. The van der Waals surface area contributed by atoms with E-state index in [0.29, 0.717) is 33.1 Å². The Morgan fingerprint density at radius 1 is 1.06 bits per heavy atom. The molecule has 0 radical (unpaired) electrons. The van der Waals surface area contributed by atoms with Gasteiger partial charge in [0.2, 0.25) is 0 Å². The quantitative estimate of drug-likeness (QED) is 0.358. The number of hydrogen-bond acceptors (Lipinski definition) is 5. The molecule has 0 unspecified atom stereocenters. The fourth-order valence-electron chi connectivity index (χ4n) is 3.92. The first-order valence-corrected chi connectivity index (χ1v) is 11.4. The number of alkyl halides is 3. The van der Waals surface area contributed by atoms with Gasteiger partial charge in [-0.2, -0.15) is 17.5 Å². The van der Waals surface area contributed by atoms with Crippen LogP contribution in [0.4, 0.5) is 13.2 Å². The Bertz CT molecular complexity index is 1610. The molecule has 176 valence electrons. The predicted octanol–water partition coefficient (Wildman–Crippen LogP) is 5.51. The summed E-state index contributed by atoms with van der Waals surface area (Å²) in [6.07, 6.45) is -2.84. The average molecular weight is 494 g/mol. The van der Waals surface area contributed by atoms with Crippen molar-refractivity contribution in [3.63, 3.8) is 0 Å². The van der Waals surface area contributed by atoms with Crippen LogP contribution in [-0.4, -0.2) is 19.8 Å². The molecule has 0 saturated heterocycles. The molecule has 5 rings (SSSR count). The van der Waals surface area contributed by atoms with Crippen molar-refractivity contribution in [2.75, 3.05) is 0 Å². The maximum absolute atomic E-state index is 13.2. The number of hydrogen-bond donors (Lipinski definition) is 1. The van der Waals surface area contributed by atoms with Gasteiger partial charge in [-0.25, -0.2) is 0 Å². The molecular weight excluding hydrogens is 477 g/mol. The zero-order valence-electron chi connectivity index (χ0n) is 18.2. The number of carbonyl (C=O) groups excluding carboxylic acids is 1. The van der Waals surface area contributed by atoms with Gasteiger partial charge in [-0.3, -0.25) is 19.1 Å². The van der Waals surface area contributed by atoms with E-state index in [0.717, 1.165) is 23.7 Å². The topological polar surface area (TPSA) is 76.9 Å². The highest BCUT2D eigenvalue weighted by molar-refractivity contribution is 7.04. The lowest BCUT2D eigenvalue weighted by Gasteiger charge is -2.15. The third-order valence-corrected chi connectivity index (χ3v) is 6.32. The fraction of sp³-hybridized carbons (Fsp3) is 0.120. The monoisotopic (exact) mass is 494 g/mol. The van der Waals surface area contributed by atoms with Crippen molar-refractivity contribution in [1.82, 2.24) is 19.2 Å². The van der Waals surface area contributed by atoms with Gasteiger partial charge < -0.3 is 5.32 Å². The molecule has 3 heterocycles. The molecule has 0 saturated carbocycles. The van der Waals surface area contributed by atoms with Crippen LogP contribution < -0.4 is 10.9 Å². The van der Waals surface area contributed by atoms with Gasteiger partial charge in [0, 0.05) is 28.2 Å². The van der Waals surface area contributed by atoms with Crippen LogP contribution in [0.25, 0.3) is 27.5 Å². The number of amides is 1. The number of aromatic nitrogens is 3. The van der Waals surface area contributed by atoms with Crippen molar-refractivity contribution in [2.24, 2.45) is 0 Å². The van der Waals surface area contributed by atoms with E-state index in [1.807, 2.05) is 19.1 Å². The highest BCUT2D eigenvalue weighted by Gasteiger charge is 2.30. The standard InChI is InChI=1S/C25H17F3N4O2S/c1-14(20-4-2-3-11-29-20)30-23(33)15-5-10-21-18(12-15)22-19(13-35-31-22)24(34)32(21)17-8-6-16(7-9-17)25(26,27)28/h2-14H,1H3,(H,30,33)/t14-/m0/s1. The molecule has 1 N–H and O–H groups in total. The first-order valence-electron chi connectivity index (χ1n) is 10.6. The number of halogens is 3. The number of rotatable bonds is 4. The van der Waals surface area contributed by atoms with E-state index in [1.165, 1.54) is 16.7 Å². The minimum absolute atomic E-state index is 0.280. The van der Waals surface area contributed by atoms with Crippen LogP contribution in [0.5, 0.6) is 0 Å². The normalized spacial score (nSPS) is 12.7. The van der Waals surface area contributed by atoms with Crippen LogP contribution >= 0.6 is 11.5 Å². The van der Waals surface area contributed by atoms with Crippen LogP contribution in [-0.2, 0) is 6.18 Å². The highest BCUT2D eigenvalue weighted by atomic mass is 32.1. The Balaban J connectivity index is 1.60. The maximum atomic E-state index is 13.2. The van der Waals surface area contributed by atoms with Crippen molar-refractivity contribution < 1.29 is 18.0 Å². The Morgan fingerprint density at radius 2 is 1.83 bits per heavy atom. The predicted molar refractivity (Wildman–Crippen MR) is 128 cm³/mol. The van der Waals surface area contributed by atoms with Gasteiger partial charge in [-0.1, -0.05) is 6.07 Å². The second kappa shape index (κ2) is 8.62. The number of nitrogens with zero attached hydrogens (tertiary/aromatic N) is 3. The molecule has 0 aliphatic heterocycles. The second-order valence-corrected chi connectivity index (χ2v) is 8.57. The Morgan fingerprint density at radius 3 is 2.51 bits per heavy atom. The van der Waals surface area contributed by atoms with Crippen LogP contribution in [0.2, 0.25) is 0 Å². The smallest absolute Gasteiger partial charge is 0.344 e. The summed E-state index contributed by atoms with van der Waals surface area (Å²) in [5, 5.41) is 5.36. The average Bonchev–Trinajstić information content (AvgIpc) is 3.35. The Kier molecular flexibility index (Phi) is 5.60. The zero-order valence-corrected chi connectivity index (χ0v) is 19.0. The molecule has 1 atom stereocenters. The molecule has 0 bridgehead atoms. The van der Waals surface area contributed by atoms with E-state index >= 15 is 0 Å². The van der Waals surface area contributed by atoms with Crippen molar-refractivity contribution in [2.45, 2.75) is 19.1 Å². The summed E-state index contributed by atoms with van der Waals surface area (Å²) in [5.41, 5.74) is 1.00. The summed E-state index contributed by atoms with van der Waals surface area (Å²) in [6, 6.07) is 14.3. The number of carbonyl (C=O) groups is 1. The van der Waals surface area contributed by atoms with E-state index < -0.39 is 17.3 Å². The molecule has 0 fully saturated rings. The fourth-order valence-corrected chi connectivity index (χ4v) is 4.59. The van der Waals surface area contributed by atoms with Crippen molar-refractivity contribution in [1.29, 1.82) is 0 Å². The third kappa shape index (κ3) is 4.17. The van der Waals surface area contributed by atoms with Crippen LogP contribution in [0.3, 0.4) is 0 Å². The number of nitrogens with one attached hydrogen (secondary N) is 1. The second-order valence-electron chi connectivity index (χ2n) is 7.94. The third-order valence-electron chi connectivity index (χ3n) is 5.69. The SMILES string of the molecule is C[C@H](NC(=O)c1ccc2c(c1)c1nscc1c(=O)n2-c1ccc(C(F)(F)F)cc1)c1ccccn1. The summed E-state index contributed by atoms with van der Waals surface area (Å²) >= 11 is 1.09. The van der Waals surface area contributed by atoms with E-state index in [1.54, 1.807) is 35.8 Å². The summed E-state index contributed by atoms with van der Waals surface area (Å²) in [7, 11) is 0. The van der Waals surface area contributed by atoms with Crippen molar-refractivity contribution in [3.8, 4) is 5.69 Å². The maximum Gasteiger partial charge on any atom is 0.416 e. The summed E-state index contributed by atoms with van der Waals surface area (Å²) < 4.78 is 44.7. The van der Waals surface area contributed by atoms with Gasteiger partial charge in [-0.15, -0.1) is 0 Å². The lowest BCUT2D eigenvalue weighted by molar-refractivity contribution is -0.137. The first-order chi connectivity index (χ1) is 16.7. The van der Waals surface area contributed by atoms with Gasteiger partial charge >= 0.3 is 6.18 Å². The highest BCUT2D eigenvalue weighted by Crippen LogP contribution is 2.31. The van der Waals surface area contributed by atoms with Gasteiger partial charge in [0.15, 0.2) is 0 Å². The summed E-state index contributed by atoms with van der Waals surface area (Å²) in [4.78, 5) is 30.4. The molecule has 2 aromatic carbocycles. The van der Waals surface area contributed by atoms with Crippen molar-refractivity contribution >= 4 is 39.2 Å². The molecule has 0 spiro atoms. The molecular formula is C25H17F3N4O2S. The summed E-state index contributed by atoms with van der Waals surface area (Å²) in [5.74, 6) is -0.333. The minimum Gasteiger partial charge on any atom is -0.344 e. The Hall–Kier alpha value is -4.05. The molecule has 35 heavy (non-hydrogen) atoms. The van der Waals surface area contributed by atoms with Gasteiger partial charge in [0.05, 0.1) is 33.7 Å². The minimum atomic E-state index is -4.48. The molecule has 6 nitrogen and oxygen atoms in total. The molecule has 3 aromatic heterocycles. The lowest BCUT2D eigenvalue weighted by atomic mass is 10.1. The van der Waals surface area contributed by atoms with Crippen molar-refractivity contribution in [3.05, 3.63) is 99.4 Å². The zero-order chi connectivity index (χ0) is 24.7. The van der Waals surface area contributed by atoms with Gasteiger partial charge in [-0.05, 0) is 73.1 Å². The number of pyridine rings is 2. The largest absolute Gasteiger partial charge is 0.416 e. The number of fused-ring (bicyclic) bond motifs is 3. The van der Waals surface area contributed by atoms with Gasteiger partial charge in [0.25, 0.3) is 11.5 Å². The number of benzene rings is 2. The molecule has 5 aromatic rings. The first kappa shape index (κ1) is 22.7. The van der Waals surface area contributed by atoms with Crippen LogP contribution in [0.15, 0.2) is 77.0 Å². The Labute approximate surface area is 200 Å². The summed E-state index contributed by atoms with van der Waals surface area (Å²) in [6.45, 7) is 1.82. The van der Waals surface area contributed by atoms with E-state index in [9.17, 15) is 22.8 Å². The molecule has 0 aliphatic rings.